The number of benzene rings is 2. The maximum absolute atomic E-state index is 12.6. The summed E-state index contributed by atoms with van der Waals surface area (Å²) < 4.78 is 15.8. The summed E-state index contributed by atoms with van der Waals surface area (Å²) in [4.78, 5) is 12.6. The average molecular weight is 324 g/mol. The van der Waals surface area contributed by atoms with E-state index < -0.39 is 0 Å². The molecule has 1 aromatic heterocycles. The standard InChI is InChI=1S/C19H16O5/c1-22-16-6-4-3-5-12(16)7-8-14(20)18-15(21)11-17-13(9-10-24-17)19(18)23-2/h3-11,21H,1-2H3/b8-7+. The molecule has 122 valence electrons. The molecule has 5 nitrogen and oxygen atoms in total. The van der Waals surface area contributed by atoms with E-state index in [1.54, 1.807) is 25.3 Å². The number of phenols is 1. The van der Waals surface area contributed by atoms with Crippen molar-refractivity contribution < 1.29 is 23.8 Å². The highest BCUT2D eigenvalue weighted by atomic mass is 16.5. The number of allylic oxidation sites excluding steroid dienone is 1. The summed E-state index contributed by atoms with van der Waals surface area (Å²) in [6.45, 7) is 0. The van der Waals surface area contributed by atoms with E-state index in [0.29, 0.717) is 16.7 Å². The third kappa shape index (κ3) is 2.72. The van der Waals surface area contributed by atoms with Crippen LogP contribution in [0.2, 0.25) is 0 Å². The van der Waals surface area contributed by atoms with Crippen LogP contribution in [0.3, 0.4) is 0 Å². The summed E-state index contributed by atoms with van der Waals surface area (Å²) in [6, 6.07) is 10.4. The Bertz CT molecular complexity index is 921. The van der Waals surface area contributed by atoms with E-state index in [1.165, 1.54) is 25.5 Å². The van der Waals surface area contributed by atoms with Gasteiger partial charge in [0.25, 0.3) is 0 Å². The van der Waals surface area contributed by atoms with Gasteiger partial charge in [0, 0.05) is 11.6 Å². The van der Waals surface area contributed by atoms with Crippen LogP contribution in [0, 0.1) is 0 Å². The Morgan fingerprint density at radius 1 is 1.17 bits per heavy atom. The summed E-state index contributed by atoms with van der Waals surface area (Å²) in [5.74, 6) is 0.374. The number of phenolic OH excluding ortho intramolecular Hbond substituents is 1. The van der Waals surface area contributed by atoms with Gasteiger partial charge in [0.15, 0.2) is 5.78 Å². The lowest BCUT2D eigenvalue weighted by Gasteiger charge is -2.09. The molecular formula is C19H16O5. The van der Waals surface area contributed by atoms with Gasteiger partial charge in [-0.2, -0.15) is 0 Å². The molecule has 0 amide bonds. The van der Waals surface area contributed by atoms with E-state index in [-0.39, 0.29) is 22.8 Å². The fourth-order valence-electron chi connectivity index (χ4n) is 2.57. The van der Waals surface area contributed by atoms with Crippen molar-refractivity contribution in [2.24, 2.45) is 0 Å². The number of furan rings is 1. The molecule has 0 fully saturated rings. The number of hydrogen-bond acceptors (Lipinski definition) is 5. The van der Waals surface area contributed by atoms with Crippen LogP contribution in [-0.4, -0.2) is 25.1 Å². The number of fused-ring (bicyclic) bond motifs is 1. The van der Waals surface area contributed by atoms with Crippen molar-refractivity contribution in [1.29, 1.82) is 0 Å². The van der Waals surface area contributed by atoms with Gasteiger partial charge in [-0.05, 0) is 24.3 Å². The van der Waals surface area contributed by atoms with Crippen LogP contribution in [0.5, 0.6) is 17.2 Å². The predicted octanol–water partition coefficient (Wildman–Crippen LogP) is 4.05. The fraction of sp³-hybridized carbons (Fsp3) is 0.105. The molecule has 0 spiro atoms. The second-order valence-corrected chi connectivity index (χ2v) is 5.08. The highest BCUT2D eigenvalue weighted by Gasteiger charge is 2.20. The maximum Gasteiger partial charge on any atom is 0.193 e. The van der Waals surface area contributed by atoms with E-state index in [4.69, 9.17) is 13.9 Å². The number of rotatable bonds is 5. The first-order valence-corrected chi connectivity index (χ1v) is 7.28. The second kappa shape index (κ2) is 6.50. The fourth-order valence-corrected chi connectivity index (χ4v) is 2.57. The molecule has 0 aliphatic heterocycles. The summed E-state index contributed by atoms with van der Waals surface area (Å²) >= 11 is 0. The summed E-state index contributed by atoms with van der Waals surface area (Å²) in [5, 5.41) is 10.8. The van der Waals surface area contributed by atoms with Gasteiger partial charge < -0.3 is 19.0 Å². The number of ether oxygens (including phenoxy) is 2. The van der Waals surface area contributed by atoms with Crippen molar-refractivity contribution in [1.82, 2.24) is 0 Å². The SMILES string of the molecule is COc1ccccc1/C=C/C(=O)c1c(O)cc2occc2c1OC. The molecule has 0 atom stereocenters. The van der Waals surface area contributed by atoms with Gasteiger partial charge in [-0.25, -0.2) is 0 Å². The van der Waals surface area contributed by atoms with E-state index in [0.717, 1.165) is 5.56 Å². The Kier molecular flexibility index (Phi) is 4.24. The first kappa shape index (κ1) is 15.7. The van der Waals surface area contributed by atoms with Crippen LogP contribution in [0.4, 0.5) is 0 Å². The lowest BCUT2D eigenvalue weighted by molar-refractivity contribution is 0.104. The van der Waals surface area contributed by atoms with Gasteiger partial charge >= 0.3 is 0 Å². The van der Waals surface area contributed by atoms with Crippen molar-refractivity contribution in [2.45, 2.75) is 0 Å². The highest BCUT2D eigenvalue weighted by molar-refractivity contribution is 6.13. The quantitative estimate of drug-likeness (QED) is 0.566. The number of methoxy groups -OCH3 is 2. The highest BCUT2D eigenvalue weighted by Crippen LogP contribution is 2.37. The Hall–Kier alpha value is -3.21. The van der Waals surface area contributed by atoms with Crippen molar-refractivity contribution >= 4 is 22.8 Å². The van der Waals surface area contributed by atoms with Gasteiger partial charge in [-0.3, -0.25) is 4.79 Å². The number of ketones is 1. The molecule has 3 rings (SSSR count). The van der Waals surface area contributed by atoms with Crippen molar-refractivity contribution in [3.05, 3.63) is 59.9 Å². The van der Waals surface area contributed by atoms with Gasteiger partial charge in [0.05, 0.1) is 25.9 Å². The van der Waals surface area contributed by atoms with Crippen molar-refractivity contribution in [3.8, 4) is 17.2 Å². The minimum Gasteiger partial charge on any atom is -0.507 e. The topological polar surface area (TPSA) is 68.9 Å². The molecule has 0 saturated carbocycles. The predicted molar refractivity (Wildman–Crippen MR) is 90.8 cm³/mol. The minimum absolute atomic E-state index is 0.0950. The Morgan fingerprint density at radius 3 is 2.71 bits per heavy atom. The largest absolute Gasteiger partial charge is 0.507 e. The van der Waals surface area contributed by atoms with E-state index >= 15 is 0 Å². The normalized spacial score (nSPS) is 11.1. The third-order valence-electron chi connectivity index (χ3n) is 3.69. The number of aromatic hydroxyl groups is 1. The van der Waals surface area contributed by atoms with Crippen LogP contribution < -0.4 is 9.47 Å². The Balaban J connectivity index is 2.02. The van der Waals surface area contributed by atoms with Crippen LogP contribution >= 0.6 is 0 Å². The first-order chi connectivity index (χ1) is 11.7. The maximum atomic E-state index is 12.6. The molecule has 0 aliphatic rings. The molecule has 0 bridgehead atoms. The van der Waals surface area contributed by atoms with E-state index in [1.807, 2.05) is 18.2 Å². The molecular weight excluding hydrogens is 308 g/mol. The van der Waals surface area contributed by atoms with Gasteiger partial charge in [0.2, 0.25) is 0 Å². The number of hydrogen-bond donors (Lipinski definition) is 1. The van der Waals surface area contributed by atoms with Crippen molar-refractivity contribution in [3.63, 3.8) is 0 Å². The lowest BCUT2D eigenvalue weighted by Crippen LogP contribution is -2.00. The molecule has 0 unspecified atom stereocenters. The molecule has 5 heteroatoms. The van der Waals surface area contributed by atoms with Crippen molar-refractivity contribution in [2.75, 3.05) is 14.2 Å². The zero-order valence-corrected chi connectivity index (χ0v) is 13.3. The lowest BCUT2D eigenvalue weighted by atomic mass is 10.0. The summed E-state index contributed by atoms with van der Waals surface area (Å²) in [6.07, 6.45) is 4.49. The van der Waals surface area contributed by atoms with Crippen LogP contribution in [0.25, 0.3) is 17.0 Å². The average Bonchev–Trinajstić information content (AvgIpc) is 3.06. The van der Waals surface area contributed by atoms with Gasteiger partial charge in [-0.1, -0.05) is 18.2 Å². The number of para-hydroxylation sites is 1. The van der Waals surface area contributed by atoms with Gasteiger partial charge in [0.1, 0.15) is 28.4 Å². The molecule has 0 saturated heterocycles. The second-order valence-electron chi connectivity index (χ2n) is 5.08. The molecule has 1 N–H and O–H groups in total. The van der Waals surface area contributed by atoms with E-state index in [9.17, 15) is 9.90 Å². The number of carbonyl (C=O) groups is 1. The summed E-state index contributed by atoms with van der Waals surface area (Å²) in [5.41, 5.74) is 1.31. The molecule has 2 aromatic carbocycles. The van der Waals surface area contributed by atoms with Crippen LogP contribution in [0.15, 0.2) is 53.2 Å². The third-order valence-corrected chi connectivity index (χ3v) is 3.69. The smallest absolute Gasteiger partial charge is 0.193 e. The Labute approximate surface area is 138 Å². The number of carbonyl (C=O) groups excluding carboxylic acids is 1. The minimum atomic E-state index is -0.377. The molecule has 0 radical (unpaired) electrons. The molecule has 3 aromatic rings. The van der Waals surface area contributed by atoms with E-state index in [2.05, 4.69) is 0 Å². The molecule has 0 aliphatic carbocycles. The Morgan fingerprint density at radius 2 is 1.96 bits per heavy atom. The first-order valence-electron chi connectivity index (χ1n) is 7.28. The monoisotopic (exact) mass is 324 g/mol. The van der Waals surface area contributed by atoms with Gasteiger partial charge in [-0.15, -0.1) is 0 Å². The molecule has 24 heavy (non-hydrogen) atoms. The molecule has 1 heterocycles. The zero-order valence-electron chi connectivity index (χ0n) is 13.3. The van der Waals surface area contributed by atoms with Crippen LogP contribution in [-0.2, 0) is 0 Å². The summed E-state index contributed by atoms with van der Waals surface area (Å²) in [7, 11) is 3.01. The van der Waals surface area contributed by atoms with Crippen LogP contribution in [0.1, 0.15) is 15.9 Å². The zero-order chi connectivity index (χ0) is 17.1.